The number of rotatable bonds is 3. The molecule has 98 valence electrons. The number of ketones is 1. The van der Waals surface area contributed by atoms with Gasteiger partial charge in [-0.2, -0.15) is 0 Å². The summed E-state index contributed by atoms with van der Waals surface area (Å²) in [6.45, 7) is 0. The molecule has 2 nitrogen and oxygen atoms in total. The van der Waals surface area contributed by atoms with E-state index in [0.717, 1.165) is 4.47 Å². The van der Waals surface area contributed by atoms with Crippen LogP contribution in [0.4, 0.5) is 0 Å². The summed E-state index contributed by atoms with van der Waals surface area (Å²) in [5.41, 5.74) is 0.892. The number of hydrogen-bond acceptors (Lipinski definition) is 2. The van der Waals surface area contributed by atoms with Crippen LogP contribution in [0.1, 0.15) is 15.9 Å². The van der Waals surface area contributed by atoms with Gasteiger partial charge in [-0.25, -0.2) is 0 Å². The minimum atomic E-state index is -0.184. The van der Waals surface area contributed by atoms with Gasteiger partial charge in [-0.15, -0.1) is 0 Å². The Morgan fingerprint density at radius 2 is 1.89 bits per heavy atom. The maximum Gasteiger partial charge on any atom is 0.194 e. The smallest absolute Gasteiger partial charge is 0.194 e. The van der Waals surface area contributed by atoms with Gasteiger partial charge in [-0.3, -0.25) is 4.79 Å². The molecule has 2 aromatic rings. The fourth-order valence-corrected chi connectivity index (χ4v) is 2.76. The summed E-state index contributed by atoms with van der Waals surface area (Å²) in [7, 11) is 1.54. The molecule has 0 aliphatic heterocycles. The van der Waals surface area contributed by atoms with Crippen LogP contribution in [0.2, 0.25) is 10.0 Å². The second-order valence-electron chi connectivity index (χ2n) is 3.83. The SMILES string of the molecule is COc1ccc(C(=O)c2cc(Cl)cc(Br)c2)c(Cl)c1. The topological polar surface area (TPSA) is 26.3 Å². The second kappa shape index (κ2) is 5.95. The molecule has 0 aromatic heterocycles. The van der Waals surface area contributed by atoms with E-state index >= 15 is 0 Å². The molecule has 0 atom stereocenters. The highest BCUT2D eigenvalue weighted by Crippen LogP contribution is 2.27. The maximum atomic E-state index is 12.4. The van der Waals surface area contributed by atoms with Gasteiger partial charge < -0.3 is 4.74 Å². The fourth-order valence-electron chi connectivity index (χ4n) is 1.65. The number of carbonyl (C=O) groups is 1. The lowest BCUT2D eigenvalue weighted by molar-refractivity contribution is 0.103. The van der Waals surface area contributed by atoms with E-state index in [1.54, 1.807) is 43.5 Å². The van der Waals surface area contributed by atoms with Gasteiger partial charge in [0, 0.05) is 20.6 Å². The summed E-state index contributed by atoms with van der Waals surface area (Å²) in [5, 5.41) is 0.836. The van der Waals surface area contributed by atoms with E-state index in [9.17, 15) is 4.79 Å². The third kappa shape index (κ3) is 3.30. The quantitative estimate of drug-likeness (QED) is 0.721. The highest BCUT2D eigenvalue weighted by atomic mass is 79.9. The minimum absolute atomic E-state index is 0.184. The molecule has 0 aliphatic rings. The van der Waals surface area contributed by atoms with E-state index < -0.39 is 0 Å². The Morgan fingerprint density at radius 1 is 1.16 bits per heavy atom. The highest BCUT2D eigenvalue weighted by Gasteiger charge is 2.14. The van der Waals surface area contributed by atoms with Crippen molar-refractivity contribution in [1.82, 2.24) is 0 Å². The largest absolute Gasteiger partial charge is 0.497 e. The first-order valence-electron chi connectivity index (χ1n) is 5.35. The molecule has 19 heavy (non-hydrogen) atoms. The highest BCUT2D eigenvalue weighted by molar-refractivity contribution is 9.10. The molecule has 0 saturated heterocycles. The molecule has 5 heteroatoms. The van der Waals surface area contributed by atoms with Gasteiger partial charge >= 0.3 is 0 Å². The minimum Gasteiger partial charge on any atom is -0.497 e. The van der Waals surface area contributed by atoms with Crippen molar-refractivity contribution in [2.75, 3.05) is 7.11 Å². The van der Waals surface area contributed by atoms with Crippen LogP contribution in [0.5, 0.6) is 5.75 Å². The number of ether oxygens (including phenoxy) is 1. The van der Waals surface area contributed by atoms with Crippen molar-refractivity contribution in [3.8, 4) is 5.75 Å². The van der Waals surface area contributed by atoms with Gasteiger partial charge in [0.15, 0.2) is 5.78 Å². The van der Waals surface area contributed by atoms with E-state index in [1.807, 2.05) is 0 Å². The van der Waals surface area contributed by atoms with Crippen LogP contribution in [0, 0.1) is 0 Å². The average Bonchev–Trinajstić information content (AvgIpc) is 2.36. The van der Waals surface area contributed by atoms with E-state index in [4.69, 9.17) is 27.9 Å². The predicted octanol–water partition coefficient (Wildman–Crippen LogP) is 5.00. The van der Waals surface area contributed by atoms with E-state index in [1.165, 1.54) is 0 Å². The molecule has 0 radical (unpaired) electrons. The summed E-state index contributed by atoms with van der Waals surface area (Å²) in [5.74, 6) is 0.421. The van der Waals surface area contributed by atoms with Crippen LogP contribution in [0.15, 0.2) is 40.9 Å². The van der Waals surface area contributed by atoms with Crippen molar-refractivity contribution in [3.05, 3.63) is 62.0 Å². The number of hydrogen-bond donors (Lipinski definition) is 0. The first kappa shape index (κ1) is 14.4. The Balaban J connectivity index is 2.44. The molecule has 0 amide bonds. The van der Waals surface area contributed by atoms with Crippen molar-refractivity contribution in [3.63, 3.8) is 0 Å². The van der Waals surface area contributed by atoms with Gasteiger partial charge in [0.05, 0.1) is 12.1 Å². The van der Waals surface area contributed by atoms with Gasteiger partial charge in [-0.1, -0.05) is 39.1 Å². The van der Waals surface area contributed by atoms with Crippen molar-refractivity contribution in [1.29, 1.82) is 0 Å². The molecule has 0 fully saturated rings. The van der Waals surface area contributed by atoms with Gasteiger partial charge in [0.2, 0.25) is 0 Å². The van der Waals surface area contributed by atoms with Crippen LogP contribution in [0.25, 0.3) is 0 Å². The average molecular weight is 360 g/mol. The Labute approximate surface area is 129 Å². The summed E-state index contributed by atoms with van der Waals surface area (Å²) in [6.07, 6.45) is 0. The summed E-state index contributed by atoms with van der Waals surface area (Å²) >= 11 is 15.3. The zero-order chi connectivity index (χ0) is 14.0. The van der Waals surface area contributed by atoms with Crippen LogP contribution in [-0.2, 0) is 0 Å². The van der Waals surface area contributed by atoms with Crippen LogP contribution in [-0.4, -0.2) is 12.9 Å². The third-order valence-corrected chi connectivity index (χ3v) is 3.53. The van der Waals surface area contributed by atoms with Crippen molar-refractivity contribution >= 4 is 44.9 Å². The predicted molar refractivity (Wildman–Crippen MR) is 80.6 cm³/mol. The van der Waals surface area contributed by atoms with Crippen molar-refractivity contribution < 1.29 is 9.53 Å². The number of methoxy groups -OCH3 is 1. The van der Waals surface area contributed by atoms with Crippen molar-refractivity contribution in [2.45, 2.75) is 0 Å². The molecule has 0 bridgehead atoms. The summed E-state index contributed by atoms with van der Waals surface area (Å²) < 4.78 is 5.79. The molecule has 0 N–H and O–H groups in total. The fraction of sp³-hybridized carbons (Fsp3) is 0.0714. The lowest BCUT2D eigenvalue weighted by atomic mass is 10.0. The molecule has 0 heterocycles. The molecule has 0 spiro atoms. The van der Waals surface area contributed by atoms with Gasteiger partial charge in [0.25, 0.3) is 0 Å². The van der Waals surface area contributed by atoms with E-state index in [2.05, 4.69) is 15.9 Å². The first-order chi connectivity index (χ1) is 9.01. The summed E-state index contributed by atoms with van der Waals surface area (Å²) in [4.78, 5) is 12.4. The lowest BCUT2D eigenvalue weighted by Gasteiger charge is -2.07. The monoisotopic (exact) mass is 358 g/mol. The normalized spacial score (nSPS) is 10.3. The Bertz CT molecular complexity index is 621. The lowest BCUT2D eigenvalue weighted by Crippen LogP contribution is -2.02. The molecule has 0 saturated carbocycles. The molecular formula is C14H9BrCl2O2. The van der Waals surface area contributed by atoms with Crippen LogP contribution < -0.4 is 4.74 Å². The van der Waals surface area contributed by atoms with E-state index in [0.29, 0.717) is 26.9 Å². The molecule has 2 aromatic carbocycles. The van der Waals surface area contributed by atoms with Gasteiger partial charge in [-0.05, 0) is 36.4 Å². The molecule has 2 rings (SSSR count). The number of halogens is 3. The maximum absolute atomic E-state index is 12.4. The van der Waals surface area contributed by atoms with Crippen LogP contribution in [0.3, 0.4) is 0 Å². The van der Waals surface area contributed by atoms with E-state index in [-0.39, 0.29) is 5.78 Å². The van der Waals surface area contributed by atoms with Gasteiger partial charge in [0.1, 0.15) is 5.75 Å². The molecule has 0 aliphatic carbocycles. The number of carbonyl (C=O) groups excluding carboxylic acids is 1. The Hall–Kier alpha value is -1.03. The second-order valence-corrected chi connectivity index (χ2v) is 5.59. The molecule has 0 unspecified atom stereocenters. The van der Waals surface area contributed by atoms with Crippen LogP contribution >= 0.6 is 39.1 Å². The standard InChI is InChI=1S/C14H9BrCl2O2/c1-19-11-2-3-12(13(17)7-11)14(18)8-4-9(15)6-10(16)5-8/h2-7H,1H3. The zero-order valence-corrected chi connectivity index (χ0v) is 13.0. The number of benzene rings is 2. The molecular weight excluding hydrogens is 351 g/mol. The Kier molecular flexibility index (Phi) is 4.50. The Morgan fingerprint density at radius 3 is 2.47 bits per heavy atom. The van der Waals surface area contributed by atoms with Crippen molar-refractivity contribution in [2.24, 2.45) is 0 Å². The summed E-state index contributed by atoms with van der Waals surface area (Å²) in [6, 6.07) is 9.96. The third-order valence-electron chi connectivity index (χ3n) is 2.55. The zero-order valence-electron chi connectivity index (χ0n) is 9.91. The first-order valence-corrected chi connectivity index (χ1v) is 6.90.